The Labute approximate surface area is 165 Å². The van der Waals surface area contributed by atoms with Crippen LogP contribution < -0.4 is 5.32 Å². The van der Waals surface area contributed by atoms with E-state index in [-0.39, 0.29) is 36.7 Å². The van der Waals surface area contributed by atoms with Gasteiger partial charge in [0.2, 0.25) is 17.7 Å². The summed E-state index contributed by atoms with van der Waals surface area (Å²) in [6.07, 6.45) is 4.88. The van der Waals surface area contributed by atoms with Crippen molar-refractivity contribution in [1.29, 1.82) is 0 Å². The maximum atomic E-state index is 12.9. The Hall–Kier alpha value is -2.69. The van der Waals surface area contributed by atoms with E-state index in [4.69, 9.17) is 0 Å². The van der Waals surface area contributed by atoms with E-state index in [1.807, 2.05) is 43.3 Å². The second-order valence-electron chi connectivity index (χ2n) is 8.20. The van der Waals surface area contributed by atoms with Crippen molar-refractivity contribution in [2.24, 2.45) is 5.41 Å². The molecule has 2 aromatic rings. The van der Waals surface area contributed by atoms with Crippen LogP contribution in [-0.4, -0.2) is 29.2 Å². The van der Waals surface area contributed by atoms with Gasteiger partial charge in [0.15, 0.2) is 0 Å². The minimum atomic E-state index is -0.542. The zero-order chi connectivity index (χ0) is 19.7. The molecule has 2 aromatic carbocycles. The predicted octanol–water partition coefficient (Wildman–Crippen LogP) is 3.73. The van der Waals surface area contributed by atoms with E-state index in [0.29, 0.717) is 0 Å². The third-order valence-electron chi connectivity index (χ3n) is 6.25. The molecular formula is C23H26N2O3. The molecule has 0 radical (unpaired) electrons. The summed E-state index contributed by atoms with van der Waals surface area (Å²) in [5, 5.41) is 5.20. The van der Waals surface area contributed by atoms with Gasteiger partial charge in [0.25, 0.3) is 0 Å². The summed E-state index contributed by atoms with van der Waals surface area (Å²) >= 11 is 0. The Kier molecular flexibility index (Phi) is 4.92. The van der Waals surface area contributed by atoms with Crippen LogP contribution in [0.25, 0.3) is 10.8 Å². The van der Waals surface area contributed by atoms with E-state index in [1.54, 1.807) is 0 Å². The number of rotatable bonds is 4. The smallest absolute Gasteiger partial charge is 0.240 e. The maximum absolute atomic E-state index is 12.9. The van der Waals surface area contributed by atoms with Crippen LogP contribution in [0.4, 0.5) is 0 Å². The first-order valence-electron chi connectivity index (χ1n) is 10.1. The van der Waals surface area contributed by atoms with Gasteiger partial charge in [-0.1, -0.05) is 55.7 Å². The number of imide groups is 1. The average Bonchev–Trinajstić information content (AvgIpc) is 2.92. The van der Waals surface area contributed by atoms with E-state index in [9.17, 15) is 14.4 Å². The van der Waals surface area contributed by atoms with Gasteiger partial charge < -0.3 is 5.32 Å². The summed E-state index contributed by atoms with van der Waals surface area (Å²) in [5.41, 5.74) is 0.453. The average molecular weight is 378 g/mol. The first kappa shape index (κ1) is 18.7. The largest absolute Gasteiger partial charge is 0.348 e. The third kappa shape index (κ3) is 3.41. The summed E-state index contributed by atoms with van der Waals surface area (Å²) in [6.45, 7) is 1.73. The molecule has 1 saturated heterocycles. The van der Waals surface area contributed by atoms with E-state index in [0.717, 1.165) is 48.4 Å². The number of amides is 3. The number of fused-ring (bicyclic) bond motifs is 1. The zero-order valence-corrected chi connectivity index (χ0v) is 16.2. The lowest BCUT2D eigenvalue weighted by molar-refractivity contribution is -0.145. The third-order valence-corrected chi connectivity index (χ3v) is 6.25. The molecule has 0 aromatic heterocycles. The van der Waals surface area contributed by atoms with Crippen LogP contribution in [0.2, 0.25) is 0 Å². The lowest BCUT2D eigenvalue weighted by Crippen LogP contribution is -2.43. The summed E-state index contributed by atoms with van der Waals surface area (Å²) in [5.74, 6) is -0.652. The molecule has 2 fully saturated rings. The molecule has 0 bridgehead atoms. The van der Waals surface area contributed by atoms with Gasteiger partial charge in [-0.25, -0.2) is 0 Å². The van der Waals surface area contributed by atoms with Crippen molar-refractivity contribution < 1.29 is 14.4 Å². The summed E-state index contributed by atoms with van der Waals surface area (Å²) < 4.78 is 0. The Balaban J connectivity index is 1.42. The second kappa shape index (κ2) is 7.38. The molecule has 1 aliphatic carbocycles. The molecule has 146 valence electrons. The molecule has 5 heteroatoms. The number of hydrogen-bond donors (Lipinski definition) is 1. The van der Waals surface area contributed by atoms with Crippen LogP contribution in [0, 0.1) is 5.41 Å². The van der Waals surface area contributed by atoms with Crippen LogP contribution in [0.1, 0.15) is 57.1 Å². The zero-order valence-electron chi connectivity index (χ0n) is 16.2. The molecular weight excluding hydrogens is 352 g/mol. The standard InChI is InChI=1S/C23H26N2O3/c1-16(18-10-9-17-7-3-4-8-19(17)13-18)24-20(26)15-25-21(27)14-23(22(25)28)11-5-2-6-12-23/h3-4,7-10,13,16H,2,5-6,11-12,14-15H2,1H3,(H,24,26)/t16-/m1/s1. The van der Waals surface area contributed by atoms with Gasteiger partial charge >= 0.3 is 0 Å². The van der Waals surface area contributed by atoms with E-state index < -0.39 is 5.41 Å². The van der Waals surface area contributed by atoms with Gasteiger partial charge in [0.1, 0.15) is 6.54 Å². The highest BCUT2D eigenvalue weighted by molar-refractivity contribution is 6.08. The molecule has 1 aliphatic heterocycles. The number of carbonyl (C=O) groups excluding carboxylic acids is 3. The van der Waals surface area contributed by atoms with Crippen LogP contribution in [0.5, 0.6) is 0 Å². The summed E-state index contributed by atoms with van der Waals surface area (Å²) in [6, 6.07) is 14.0. The van der Waals surface area contributed by atoms with Crippen molar-refractivity contribution in [3.63, 3.8) is 0 Å². The van der Waals surface area contributed by atoms with Crippen molar-refractivity contribution in [2.75, 3.05) is 6.54 Å². The number of likely N-dealkylation sites (tertiary alicyclic amines) is 1. The van der Waals surface area contributed by atoms with Crippen molar-refractivity contribution in [1.82, 2.24) is 10.2 Å². The predicted molar refractivity (Wildman–Crippen MR) is 107 cm³/mol. The van der Waals surface area contributed by atoms with Crippen molar-refractivity contribution in [2.45, 2.75) is 51.5 Å². The van der Waals surface area contributed by atoms with E-state index in [2.05, 4.69) is 11.4 Å². The Morgan fingerprint density at radius 1 is 1.07 bits per heavy atom. The summed E-state index contributed by atoms with van der Waals surface area (Å²) in [7, 11) is 0. The molecule has 1 spiro atoms. The van der Waals surface area contributed by atoms with Gasteiger partial charge in [0.05, 0.1) is 11.5 Å². The molecule has 1 N–H and O–H groups in total. The Bertz CT molecular complexity index is 930. The molecule has 1 atom stereocenters. The first-order valence-corrected chi connectivity index (χ1v) is 10.1. The van der Waals surface area contributed by atoms with Gasteiger partial charge in [0, 0.05) is 6.42 Å². The fraction of sp³-hybridized carbons (Fsp3) is 0.435. The molecule has 28 heavy (non-hydrogen) atoms. The molecule has 5 nitrogen and oxygen atoms in total. The van der Waals surface area contributed by atoms with Crippen molar-refractivity contribution in [3.05, 3.63) is 48.0 Å². The van der Waals surface area contributed by atoms with Crippen LogP contribution in [0.15, 0.2) is 42.5 Å². The lowest BCUT2D eigenvalue weighted by Gasteiger charge is -2.30. The Morgan fingerprint density at radius 3 is 2.54 bits per heavy atom. The number of nitrogens with one attached hydrogen (secondary N) is 1. The molecule has 0 unspecified atom stereocenters. The topological polar surface area (TPSA) is 66.5 Å². The van der Waals surface area contributed by atoms with Gasteiger partial charge in [-0.15, -0.1) is 0 Å². The summed E-state index contributed by atoms with van der Waals surface area (Å²) in [4.78, 5) is 39.0. The molecule has 3 amide bonds. The quantitative estimate of drug-likeness (QED) is 0.825. The monoisotopic (exact) mass is 378 g/mol. The van der Waals surface area contributed by atoms with Crippen molar-refractivity contribution in [3.8, 4) is 0 Å². The highest BCUT2D eigenvalue weighted by Gasteiger charge is 2.51. The van der Waals surface area contributed by atoms with Crippen LogP contribution >= 0.6 is 0 Å². The molecule has 1 saturated carbocycles. The van der Waals surface area contributed by atoms with E-state index >= 15 is 0 Å². The van der Waals surface area contributed by atoms with Crippen LogP contribution in [-0.2, 0) is 14.4 Å². The second-order valence-corrected chi connectivity index (χ2v) is 8.20. The van der Waals surface area contributed by atoms with Gasteiger partial charge in [-0.05, 0) is 42.2 Å². The number of nitrogens with zero attached hydrogens (tertiary/aromatic N) is 1. The highest BCUT2D eigenvalue weighted by Crippen LogP contribution is 2.45. The maximum Gasteiger partial charge on any atom is 0.240 e. The van der Waals surface area contributed by atoms with Gasteiger partial charge in [-0.2, -0.15) is 0 Å². The lowest BCUT2D eigenvalue weighted by atomic mass is 9.73. The van der Waals surface area contributed by atoms with Crippen LogP contribution in [0.3, 0.4) is 0 Å². The SMILES string of the molecule is C[C@@H](NC(=O)CN1C(=O)CC2(CCCCC2)C1=O)c1ccc2ccccc2c1. The number of carbonyl (C=O) groups is 3. The number of hydrogen-bond acceptors (Lipinski definition) is 3. The minimum absolute atomic E-state index is 0.147. The molecule has 1 heterocycles. The molecule has 2 aliphatic rings. The van der Waals surface area contributed by atoms with Gasteiger partial charge in [-0.3, -0.25) is 19.3 Å². The Morgan fingerprint density at radius 2 is 1.79 bits per heavy atom. The fourth-order valence-electron chi connectivity index (χ4n) is 4.63. The molecule has 4 rings (SSSR count). The normalized spacial score (nSPS) is 20.0. The minimum Gasteiger partial charge on any atom is -0.348 e. The first-order chi connectivity index (χ1) is 13.5. The van der Waals surface area contributed by atoms with E-state index in [1.165, 1.54) is 4.90 Å². The number of benzene rings is 2. The highest BCUT2D eigenvalue weighted by atomic mass is 16.2. The fourth-order valence-corrected chi connectivity index (χ4v) is 4.63. The van der Waals surface area contributed by atoms with Crippen molar-refractivity contribution >= 4 is 28.5 Å².